The standard InChI is InChI=1S/C22H21N5O3/c28-21(16-3-5-17(6-4-16)25-22(29)26-18-7-8-18)27-20-19(2-1-11-24-20)30-14-15-9-12-23-13-10-15/h1-6,9-13,18H,7-8,14H2,(H,24,27,28)(H2,25,26,29). The zero-order valence-corrected chi connectivity index (χ0v) is 16.2. The molecule has 0 saturated heterocycles. The minimum atomic E-state index is -0.323. The molecule has 152 valence electrons. The van der Waals surface area contributed by atoms with Crippen molar-refractivity contribution in [2.45, 2.75) is 25.5 Å². The molecule has 1 aliphatic rings. The molecular weight excluding hydrogens is 382 g/mol. The van der Waals surface area contributed by atoms with Crippen LogP contribution in [0.5, 0.6) is 5.75 Å². The van der Waals surface area contributed by atoms with Gasteiger partial charge >= 0.3 is 6.03 Å². The number of benzene rings is 1. The summed E-state index contributed by atoms with van der Waals surface area (Å²) >= 11 is 0. The lowest BCUT2D eigenvalue weighted by molar-refractivity contribution is 0.102. The molecule has 0 aliphatic heterocycles. The number of aromatic nitrogens is 2. The van der Waals surface area contributed by atoms with Crippen LogP contribution in [-0.2, 0) is 6.61 Å². The number of nitrogens with zero attached hydrogens (tertiary/aromatic N) is 2. The van der Waals surface area contributed by atoms with Gasteiger partial charge in [-0.3, -0.25) is 9.78 Å². The Morgan fingerprint density at radius 1 is 0.967 bits per heavy atom. The number of amides is 3. The van der Waals surface area contributed by atoms with Crippen LogP contribution in [0, 0.1) is 0 Å². The van der Waals surface area contributed by atoms with Crippen LogP contribution in [0.2, 0.25) is 0 Å². The van der Waals surface area contributed by atoms with Crippen LogP contribution < -0.4 is 20.7 Å². The van der Waals surface area contributed by atoms with Crippen molar-refractivity contribution in [1.82, 2.24) is 15.3 Å². The van der Waals surface area contributed by atoms with Gasteiger partial charge in [-0.05, 0) is 66.9 Å². The van der Waals surface area contributed by atoms with E-state index in [-0.39, 0.29) is 18.0 Å². The van der Waals surface area contributed by atoms with Gasteiger partial charge in [0.1, 0.15) is 6.61 Å². The van der Waals surface area contributed by atoms with E-state index < -0.39 is 0 Å². The van der Waals surface area contributed by atoms with E-state index in [9.17, 15) is 9.59 Å². The molecule has 0 unspecified atom stereocenters. The number of pyridine rings is 2. The van der Waals surface area contributed by atoms with E-state index >= 15 is 0 Å². The molecule has 0 radical (unpaired) electrons. The summed E-state index contributed by atoms with van der Waals surface area (Å²) in [5.74, 6) is 0.483. The molecule has 0 bridgehead atoms. The van der Waals surface area contributed by atoms with Gasteiger partial charge < -0.3 is 20.7 Å². The van der Waals surface area contributed by atoms with Gasteiger partial charge in [0.05, 0.1) is 0 Å². The lowest BCUT2D eigenvalue weighted by Crippen LogP contribution is -2.30. The zero-order chi connectivity index (χ0) is 20.8. The molecular formula is C22H21N5O3. The summed E-state index contributed by atoms with van der Waals surface area (Å²) in [6.45, 7) is 0.334. The summed E-state index contributed by atoms with van der Waals surface area (Å²) < 4.78 is 5.80. The van der Waals surface area contributed by atoms with Crippen LogP contribution in [0.25, 0.3) is 0 Å². The molecule has 3 aromatic rings. The number of carbonyl (C=O) groups excluding carboxylic acids is 2. The molecule has 1 saturated carbocycles. The van der Waals surface area contributed by atoms with Crippen molar-refractivity contribution in [3.63, 3.8) is 0 Å². The Bertz CT molecular complexity index is 1020. The number of ether oxygens (including phenoxy) is 1. The topological polar surface area (TPSA) is 105 Å². The van der Waals surface area contributed by atoms with Gasteiger partial charge in [-0.2, -0.15) is 0 Å². The second kappa shape index (κ2) is 9.04. The van der Waals surface area contributed by atoms with E-state index in [0.717, 1.165) is 18.4 Å². The molecule has 1 aliphatic carbocycles. The third kappa shape index (κ3) is 5.32. The number of hydrogen-bond acceptors (Lipinski definition) is 5. The molecule has 3 amide bonds. The summed E-state index contributed by atoms with van der Waals surface area (Å²) in [6.07, 6.45) is 7.01. The van der Waals surface area contributed by atoms with Gasteiger partial charge in [-0.25, -0.2) is 9.78 Å². The third-order valence-electron chi connectivity index (χ3n) is 4.46. The molecule has 8 heteroatoms. The number of rotatable bonds is 7. The molecule has 1 fully saturated rings. The molecule has 2 aromatic heterocycles. The van der Waals surface area contributed by atoms with Crippen molar-refractivity contribution in [3.8, 4) is 5.75 Å². The highest BCUT2D eigenvalue weighted by molar-refractivity contribution is 6.04. The van der Waals surface area contributed by atoms with Crippen molar-refractivity contribution in [3.05, 3.63) is 78.2 Å². The SMILES string of the molecule is O=C(Nc1ccc(C(=O)Nc2ncccc2OCc2ccncc2)cc1)NC1CC1. The third-order valence-corrected chi connectivity index (χ3v) is 4.46. The second-order valence-electron chi connectivity index (χ2n) is 6.90. The number of hydrogen-bond donors (Lipinski definition) is 3. The quantitative estimate of drug-likeness (QED) is 0.559. The number of nitrogens with one attached hydrogen (secondary N) is 3. The van der Waals surface area contributed by atoms with Crippen molar-refractivity contribution in [1.29, 1.82) is 0 Å². The second-order valence-corrected chi connectivity index (χ2v) is 6.90. The lowest BCUT2D eigenvalue weighted by atomic mass is 10.2. The van der Waals surface area contributed by atoms with E-state index in [1.54, 1.807) is 55.0 Å². The Balaban J connectivity index is 1.36. The Hall–Kier alpha value is -3.94. The number of carbonyl (C=O) groups is 2. The van der Waals surface area contributed by atoms with Crippen molar-refractivity contribution in [2.75, 3.05) is 10.6 Å². The van der Waals surface area contributed by atoms with Gasteiger partial charge in [0, 0.05) is 35.9 Å². The van der Waals surface area contributed by atoms with Crippen molar-refractivity contribution < 1.29 is 14.3 Å². The smallest absolute Gasteiger partial charge is 0.319 e. The molecule has 30 heavy (non-hydrogen) atoms. The first-order valence-electron chi connectivity index (χ1n) is 9.63. The highest BCUT2D eigenvalue weighted by Gasteiger charge is 2.23. The predicted octanol–water partition coefficient (Wildman–Crippen LogP) is 3.59. The maximum absolute atomic E-state index is 12.6. The van der Waals surface area contributed by atoms with Crippen molar-refractivity contribution in [2.24, 2.45) is 0 Å². The van der Waals surface area contributed by atoms with Gasteiger partial charge in [-0.1, -0.05) is 0 Å². The van der Waals surface area contributed by atoms with E-state index in [4.69, 9.17) is 4.74 Å². The molecule has 2 heterocycles. The average molecular weight is 403 g/mol. The van der Waals surface area contributed by atoms with Gasteiger partial charge in [0.25, 0.3) is 5.91 Å². The Labute approximate surface area is 173 Å². The van der Waals surface area contributed by atoms with Gasteiger partial charge in [-0.15, -0.1) is 0 Å². The fourth-order valence-electron chi connectivity index (χ4n) is 2.71. The fourth-order valence-corrected chi connectivity index (χ4v) is 2.71. The van der Waals surface area contributed by atoms with Crippen LogP contribution in [0.1, 0.15) is 28.8 Å². The highest BCUT2D eigenvalue weighted by Crippen LogP contribution is 2.23. The van der Waals surface area contributed by atoms with Crippen molar-refractivity contribution >= 4 is 23.4 Å². The zero-order valence-electron chi connectivity index (χ0n) is 16.2. The lowest BCUT2D eigenvalue weighted by Gasteiger charge is -2.12. The first kappa shape index (κ1) is 19.4. The minimum Gasteiger partial charge on any atom is -0.485 e. The normalized spacial score (nSPS) is 12.7. The predicted molar refractivity (Wildman–Crippen MR) is 112 cm³/mol. The molecule has 0 atom stereocenters. The highest BCUT2D eigenvalue weighted by atomic mass is 16.5. The van der Waals surface area contributed by atoms with E-state index in [0.29, 0.717) is 29.4 Å². The maximum Gasteiger partial charge on any atom is 0.319 e. The largest absolute Gasteiger partial charge is 0.485 e. The Kier molecular flexibility index (Phi) is 5.84. The van der Waals surface area contributed by atoms with Gasteiger partial charge in [0.15, 0.2) is 11.6 Å². The van der Waals surface area contributed by atoms with Crippen LogP contribution in [0.3, 0.4) is 0 Å². The summed E-state index contributed by atoms with van der Waals surface area (Å²) in [6, 6.07) is 13.9. The summed E-state index contributed by atoms with van der Waals surface area (Å²) in [5.41, 5.74) is 2.01. The number of urea groups is 1. The molecule has 1 aromatic carbocycles. The van der Waals surface area contributed by atoms with E-state index in [1.807, 2.05) is 12.1 Å². The van der Waals surface area contributed by atoms with E-state index in [2.05, 4.69) is 25.9 Å². The van der Waals surface area contributed by atoms with Crippen LogP contribution in [0.4, 0.5) is 16.3 Å². The van der Waals surface area contributed by atoms with Crippen LogP contribution in [0.15, 0.2) is 67.1 Å². The summed E-state index contributed by atoms with van der Waals surface area (Å²) in [4.78, 5) is 32.6. The average Bonchev–Trinajstić information content (AvgIpc) is 3.58. The van der Waals surface area contributed by atoms with Crippen LogP contribution in [-0.4, -0.2) is 27.9 Å². The fraction of sp³-hybridized carbons (Fsp3) is 0.182. The van der Waals surface area contributed by atoms with Crippen LogP contribution >= 0.6 is 0 Å². The van der Waals surface area contributed by atoms with Gasteiger partial charge in [0.2, 0.25) is 0 Å². The first-order chi connectivity index (χ1) is 14.7. The summed E-state index contributed by atoms with van der Waals surface area (Å²) in [7, 11) is 0. The molecule has 3 N–H and O–H groups in total. The minimum absolute atomic E-state index is 0.237. The Morgan fingerprint density at radius 3 is 2.47 bits per heavy atom. The Morgan fingerprint density at radius 2 is 1.73 bits per heavy atom. The monoisotopic (exact) mass is 403 g/mol. The molecule has 8 nitrogen and oxygen atoms in total. The number of anilines is 2. The summed E-state index contributed by atoms with van der Waals surface area (Å²) in [5, 5.41) is 8.37. The maximum atomic E-state index is 12.6. The molecule has 4 rings (SSSR count). The molecule has 0 spiro atoms. The van der Waals surface area contributed by atoms with E-state index in [1.165, 1.54) is 0 Å². The first-order valence-corrected chi connectivity index (χ1v) is 9.63.